The number of amides is 1. The standard InChI is InChI=1S/C13H12ClNOS2/c1-2-7-15-12(16)11(18-13(15)17)8-9-3-5-10(14)6-4-9/h3-6,8H,2,7H2,1H3. The van der Waals surface area contributed by atoms with E-state index in [9.17, 15) is 4.79 Å². The summed E-state index contributed by atoms with van der Waals surface area (Å²) in [7, 11) is 0. The van der Waals surface area contributed by atoms with Crippen molar-refractivity contribution in [3.8, 4) is 0 Å². The lowest BCUT2D eigenvalue weighted by Crippen LogP contribution is -2.28. The molecule has 5 heteroatoms. The second-order valence-electron chi connectivity index (χ2n) is 3.88. The smallest absolute Gasteiger partial charge is 0.266 e. The number of halogens is 1. The van der Waals surface area contributed by atoms with E-state index in [4.69, 9.17) is 23.8 Å². The van der Waals surface area contributed by atoms with Crippen molar-refractivity contribution >= 4 is 51.9 Å². The van der Waals surface area contributed by atoms with Gasteiger partial charge in [0, 0.05) is 11.6 Å². The predicted octanol–water partition coefficient (Wildman–Crippen LogP) is 3.95. The second kappa shape index (κ2) is 5.87. The summed E-state index contributed by atoms with van der Waals surface area (Å²) in [4.78, 5) is 14.4. The Bertz CT molecular complexity index is 510. The van der Waals surface area contributed by atoms with E-state index in [2.05, 4.69) is 0 Å². The SMILES string of the molecule is CCCN1C(=O)C(=Cc2ccc(Cl)cc2)SC1=S. The molecule has 1 saturated heterocycles. The number of carbonyl (C=O) groups excluding carboxylic acids is 1. The van der Waals surface area contributed by atoms with Crippen LogP contribution in [0.4, 0.5) is 0 Å². The van der Waals surface area contributed by atoms with Gasteiger partial charge in [-0.3, -0.25) is 9.69 Å². The summed E-state index contributed by atoms with van der Waals surface area (Å²) in [6, 6.07) is 7.38. The van der Waals surface area contributed by atoms with Crippen LogP contribution in [0.15, 0.2) is 29.2 Å². The molecule has 0 spiro atoms. The lowest BCUT2D eigenvalue weighted by atomic mass is 10.2. The molecule has 1 heterocycles. The van der Waals surface area contributed by atoms with Gasteiger partial charge in [0.05, 0.1) is 4.91 Å². The van der Waals surface area contributed by atoms with Crippen molar-refractivity contribution in [1.82, 2.24) is 4.90 Å². The number of thiocarbonyl (C=S) groups is 1. The molecule has 0 aromatic heterocycles. The first-order valence-electron chi connectivity index (χ1n) is 5.62. The van der Waals surface area contributed by atoms with E-state index in [0.29, 0.717) is 20.8 Å². The molecule has 0 unspecified atom stereocenters. The third kappa shape index (κ3) is 2.94. The van der Waals surface area contributed by atoms with Crippen molar-refractivity contribution in [3.63, 3.8) is 0 Å². The normalized spacial score (nSPS) is 17.9. The Morgan fingerprint density at radius 1 is 1.39 bits per heavy atom. The van der Waals surface area contributed by atoms with Crippen LogP contribution in [0.2, 0.25) is 5.02 Å². The largest absolute Gasteiger partial charge is 0.293 e. The van der Waals surface area contributed by atoms with Crippen molar-refractivity contribution in [1.29, 1.82) is 0 Å². The summed E-state index contributed by atoms with van der Waals surface area (Å²) in [6.45, 7) is 2.71. The topological polar surface area (TPSA) is 20.3 Å². The molecule has 0 bridgehead atoms. The molecule has 18 heavy (non-hydrogen) atoms. The lowest BCUT2D eigenvalue weighted by molar-refractivity contribution is -0.122. The maximum absolute atomic E-state index is 12.1. The number of thioether (sulfide) groups is 1. The van der Waals surface area contributed by atoms with Gasteiger partial charge in [-0.25, -0.2) is 0 Å². The maximum atomic E-state index is 12.1. The van der Waals surface area contributed by atoms with Gasteiger partial charge in [0.1, 0.15) is 4.32 Å². The summed E-state index contributed by atoms with van der Waals surface area (Å²) in [6.07, 6.45) is 2.76. The molecular formula is C13H12ClNOS2. The molecule has 2 nitrogen and oxygen atoms in total. The lowest BCUT2D eigenvalue weighted by Gasteiger charge is -2.11. The number of rotatable bonds is 3. The predicted molar refractivity (Wildman–Crippen MR) is 81.6 cm³/mol. The van der Waals surface area contributed by atoms with Crippen molar-refractivity contribution in [2.75, 3.05) is 6.54 Å². The highest BCUT2D eigenvalue weighted by molar-refractivity contribution is 8.26. The van der Waals surface area contributed by atoms with E-state index in [1.54, 1.807) is 17.0 Å². The number of benzene rings is 1. The summed E-state index contributed by atoms with van der Waals surface area (Å²) < 4.78 is 0.641. The van der Waals surface area contributed by atoms with Gasteiger partial charge < -0.3 is 0 Å². The van der Waals surface area contributed by atoms with Crippen molar-refractivity contribution < 1.29 is 4.79 Å². The monoisotopic (exact) mass is 297 g/mol. The summed E-state index contributed by atoms with van der Waals surface area (Å²) in [5, 5.41) is 0.686. The van der Waals surface area contributed by atoms with E-state index in [0.717, 1.165) is 12.0 Å². The van der Waals surface area contributed by atoms with Gasteiger partial charge in [0.2, 0.25) is 0 Å². The minimum atomic E-state index is 0.00167. The van der Waals surface area contributed by atoms with Crippen molar-refractivity contribution in [2.45, 2.75) is 13.3 Å². The molecule has 1 aliphatic rings. The second-order valence-corrected chi connectivity index (χ2v) is 6.00. The van der Waals surface area contributed by atoms with Crippen LogP contribution in [0.5, 0.6) is 0 Å². The first-order valence-corrected chi connectivity index (χ1v) is 7.23. The number of hydrogen-bond donors (Lipinski definition) is 0. The highest BCUT2D eigenvalue weighted by Gasteiger charge is 2.30. The highest BCUT2D eigenvalue weighted by Crippen LogP contribution is 2.32. The first kappa shape index (κ1) is 13.6. The molecule has 1 aromatic carbocycles. The van der Waals surface area contributed by atoms with Crippen LogP contribution in [-0.4, -0.2) is 21.7 Å². The van der Waals surface area contributed by atoms with Gasteiger partial charge in [-0.15, -0.1) is 0 Å². The number of nitrogens with zero attached hydrogens (tertiary/aromatic N) is 1. The van der Waals surface area contributed by atoms with Crippen LogP contribution < -0.4 is 0 Å². The van der Waals surface area contributed by atoms with Gasteiger partial charge in [-0.2, -0.15) is 0 Å². The Balaban J connectivity index is 2.22. The Labute approximate surface area is 121 Å². The zero-order valence-electron chi connectivity index (χ0n) is 9.85. The van der Waals surface area contributed by atoms with Crippen LogP contribution >= 0.6 is 35.6 Å². The van der Waals surface area contributed by atoms with Crippen LogP contribution in [0.25, 0.3) is 6.08 Å². The van der Waals surface area contributed by atoms with E-state index in [1.807, 2.05) is 25.1 Å². The maximum Gasteiger partial charge on any atom is 0.266 e. The summed E-state index contributed by atoms with van der Waals surface area (Å²) in [5.41, 5.74) is 0.955. The quantitative estimate of drug-likeness (QED) is 0.622. The van der Waals surface area contributed by atoms with E-state index in [-0.39, 0.29) is 5.91 Å². The van der Waals surface area contributed by atoms with Crippen molar-refractivity contribution in [3.05, 3.63) is 39.8 Å². The van der Waals surface area contributed by atoms with Crippen molar-refractivity contribution in [2.24, 2.45) is 0 Å². The van der Waals surface area contributed by atoms with Gasteiger partial charge in [-0.1, -0.05) is 54.6 Å². The minimum Gasteiger partial charge on any atom is -0.293 e. The fourth-order valence-corrected chi connectivity index (χ4v) is 3.06. The van der Waals surface area contributed by atoms with E-state index >= 15 is 0 Å². The average Bonchev–Trinajstić information content (AvgIpc) is 2.60. The van der Waals surface area contributed by atoms with Crippen LogP contribution in [-0.2, 0) is 4.79 Å². The van der Waals surface area contributed by atoms with Gasteiger partial charge in [0.15, 0.2) is 0 Å². The third-order valence-electron chi connectivity index (χ3n) is 2.49. The molecule has 0 saturated carbocycles. The summed E-state index contributed by atoms with van der Waals surface area (Å²) in [5.74, 6) is 0.00167. The Kier molecular flexibility index (Phi) is 4.43. The van der Waals surface area contributed by atoms with Gasteiger partial charge in [-0.05, 0) is 30.2 Å². The number of hydrogen-bond acceptors (Lipinski definition) is 3. The fourth-order valence-electron chi connectivity index (χ4n) is 1.63. The van der Waals surface area contributed by atoms with Crippen LogP contribution in [0, 0.1) is 0 Å². The van der Waals surface area contributed by atoms with Crippen LogP contribution in [0.3, 0.4) is 0 Å². The first-order chi connectivity index (χ1) is 8.61. The number of carbonyl (C=O) groups is 1. The average molecular weight is 298 g/mol. The molecule has 1 aliphatic heterocycles. The molecule has 2 rings (SSSR count). The molecule has 0 N–H and O–H groups in total. The van der Waals surface area contributed by atoms with Gasteiger partial charge >= 0.3 is 0 Å². The minimum absolute atomic E-state index is 0.00167. The molecule has 1 fully saturated rings. The van der Waals surface area contributed by atoms with E-state index < -0.39 is 0 Å². The molecule has 0 atom stereocenters. The Morgan fingerprint density at radius 3 is 2.67 bits per heavy atom. The zero-order valence-corrected chi connectivity index (χ0v) is 12.2. The van der Waals surface area contributed by atoms with Gasteiger partial charge in [0.25, 0.3) is 5.91 Å². The zero-order chi connectivity index (χ0) is 13.1. The summed E-state index contributed by atoms with van der Waals surface area (Å²) >= 11 is 12.4. The molecule has 0 aliphatic carbocycles. The Morgan fingerprint density at radius 2 is 2.06 bits per heavy atom. The molecule has 0 radical (unpaired) electrons. The molecule has 1 aromatic rings. The molecular weight excluding hydrogens is 286 g/mol. The van der Waals surface area contributed by atoms with E-state index in [1.165, 1.54) is 11.8 Å². The molecule has 94 valence electrons. The Hall–Kier alpha value is -0.840. The molecule has 1 amide bonds. The fraction of sp³-hybridized carbons (Fsp3) is 0.231. The van der Waals surface area contributed by atoms with Crippen LogP contribution in [0.1, 0.15) is 18.9 Å². The highest BCUT2D eigenvalue weighted by atomic mass is 35.5. The third-order valence-corrected chi connectivity index (χ3v) is 4.12.